The Balaban J connectivity index is 2.67. The Morgan fingerprint density at radius 2 is 2.11 bits per heavy atom. The third-order valence-corrected chi connectivity index (χ3v) is 3.06. The first-order valence-corrected chi connectivity index (χ1v) is 6.32. The van der Waals surface area contributed by atoms with Crippen LogP contribution in [0.2, 0.25) is 0 Å². The van der Waals surface area contributed by atoms with Crippen molar-refractivity contribution in [3.8, 4) is 0 Å². The second-order valence-electron chi connectivity index (χ2n) is 4.46. The zero-order chi connectivity index (χ0) is 13.4. The molecule has 0 fully saturated rings. The standard InChI is InChI=1S/C14H24N2O2/c1-12-9-13(10-15)3-4-14(12)11-16(5-7-17)6-8-18-2/h3-4,9,17H,5-8,10-11,15H2,1-2H3. The summed E-state index contributed by atoms with van der Waals surface area (Å²) < 4.78 is 5.08. The van der Waals surface area contributed by atoms with Gasteiger partial charge in [0.1, 0.15) is 0 Å². The van der Waals surface area contributed by atoms with Crippen LogP contribution < -0.4 is 5.73 Å². The van der Waals surface area contributed by atoms with Gasteiger partial charge in [-0.2, -0.15) is 0 Å². The molecular weight excluding hydrogens is 228 g/mol. The summed E-state index contributed by atoms with van der Waals surface area (Å²) in [6.45, 7) is 5.86. The van der Waals surface area contributed by atoms with E-state index < -0.39 is 0 Å². The number of aryl methyl sites for hydroxylation is 1. The number of hydrogen-bond donors (Lipinski definition) is 2. The van der Waals surface area contributed by atoms with Gasteiger partial charge in [-0.25, -0.2) is 0 Å². The molecule has 0 saturated heterocycles. The van der Waals surface area contributed by atoms with Crippen molar-refractivity contribution in [3.05, 3.63) is 34.9 Å². The van der Waals surface area contributed by atoms with Gasteiger partial charge in [-0.15, -0.1) is 0 Å². The van der Waals surface area contributed by atoms with Gasteiger partial charge in [0.15, 0.2) is 0 Å². The molecule has 4 heteroatoms. The molecule has 0 saturated carbocycles. The highest BCUT2D eigenvalue weighted by Crippen LogP contribution is 2.13. The van der Waals surface area contributed by atoms with Crippen LogP contribution in [0.4, 0.5) is 0 Å². The Kier molecular flexibility index (Phi) is 6.90. The Labute approximate surface area is 109 Å². The maximum absolute atomic E-state index is 9.07. The number of aliphatic hydroxyl groups is 1. The third kappa shape index (κ3) is 4.74. The van der Waals surface area contributed by atoms with Crippen LogP contribution in [0.25, 0.3) is 0 Å². The van der Waals surface area contributed by atoms with Crippen LogP contribution in [-0.2, 0) is 17.8 Å². The number of methoxy groups -OCH3 is 1. The van der Waals surface area contributed by atoms with E-state index in [1.54, 1.807) is 7.11 Å². The molecule has 0 heterocycles. The Hall–Kier alpha value is -0.940. The minimum atomic E-state index is 0.170. The van der Waals surface area contributed by atoms with Crippen molar-refractivity contribution in [3.63, 3.8) is 0 Å². The average molecular weight is 252 g/mol. The molecule has 18 heavy (non-hydrogen) atoms. The van der Waals surface area contributed by atoms with E-state index in [0.717, 1.165) is 18.7 Å². The SMILES string of the molecule is COCCN(CCO)Cc1ccc(CN)cc1C. The van der Waals surface area contributed by atoms with Gasteiger partial charge in [-0.3, -0.25) is 4.90 Å². The predicted molar refractivity (Wildman–Crippen MR) is 73.3 cm³/mol. The molecule has 0 aliphatic carbocycles. The smallest absolute Gasteiger partial charge is 0.0589 e. The van der Waals surface area contributed by atoms with Gasteiger partial charge in [0.2, 0.25) is 0 Å². The van der Waals surface area contributed by atoms with Crippen LogP contribution in [0, 0.1) is 6.92 Å². The van der Waals surface area contributed by atoms with Crippen molar-refractivity contribution in [2.75, 3.05) is 33.4 Å². The number of nitrogens with two attached hydrogens (primary N) is 1. The number of nitrogens with zero attached hydrogens (tertiary/aromatic N) is 1. The molecule has 3 N–H and O–H groups in total. The van der Waals surface area contributed by atoms with E-state index in [2.05, 4.69) is 30.0 Å². The van der Waals surface area contributed by atoms with Gasteiger partial charge in [-0.05, 0) is 23.6 Å². The topological polar surface area (TPSA) is 58.7 Å². The Morgan fingerprint density at radius 1 is 1.33 bits per heavy atom. The molecule has 0 unspecified atom stereocenters. The lowest BCUT2D eigenvalue weighted by atomic mass is 10.0. The highest BCUT2D eigenvalue weighted by atomic mass is 16.5. The zero-order valence-corrected chi connectivity index (χ0v) is 11.4. The summed E-state index contributed by atoms with van der Waals surface area (Å²) >= 11 is 0. The molecule has 0 radical (unpaired) electrons. The van der Waals surface area contributed by atoms with E-state index >= 15 is 0 Å². The molecular formula is C14H24N2O2. The van der Waals surface area contributed by atoms with E-state index in [4.69, 9.17) is 15.6 Å². The minimum Gasteiger partial charge on any atom is -0.395 e. The largest absolute Gasteiger partial charge is 0.395 e. The van der Waals surface area contributed by atoms with E-state index in [1.165, 1.54) is 11.1 Å². The predicted octanol–water partition coefficient (Wildman–Crippen LogP) is 0.894. The van der Waals surface area contributed by atoms with Crippen molar-refractivity contribution in [1.82, 2.24) is 4.90 Å². The van der Waals surface area contributed by atoms with Crippen molar-refractivity contribution in [1.29, 1.82) is 0 Å². The average Bonchev–Trinajstić information content (AvgIpc) is 2.38. The first-order chi connectivity index (χ1) is 8.71. The highest BCUT2D eigenvalue weighted by Gasteiger charge is 2.07. The second-order valence-corrected chi connectivity index (χ2v) is 4.46. The Bertz CT molecular complexity index is 356. The fourth-order valence-electron chi connectivity index (χ4n) is 1.93. The van der Waals surface area contributed by atoms with Crippen LogP contribution in [0.15, 0.2) is 18.2 Å². The van der Waals surface area contributed by atoms with Crippen LogP contribution in [0.3, 0.4) is 0 Å². The van der Waals surface area contributed by atoms with Crippen LogP contribution in [0.5, 0.6) is 0 Å². The van der Waals surface area contributed by atoms with E-state index in [-0.39, 0.29) is 6.61 Å². The maximum atomic E-state index is 9.07. The quantitative estimate of drug-likeness (QED) is 0.721. The van der Waals surface area contributed by atoms with Gasteiger partial charge in [-0.1, -0.05) is 18.2 Å². The van der Waals surface area contributed by atoms with Gasteiger partial charge < -0.3 is 15.6 Å². The van der Waals surface area contributed by atoms with Gasteiger partial charge in [0.05, 0.1) is 13.2 Å². The van der Waals surface area contributed by atoms with Gasteiger partial charge in [0, 0.05) is 33.3 Å². The van der Waals surface area contributed by atoms with Crippen molar-refractivity contribution in [2.24, 2.45) is 5.73 Å². The summed E-state index contributed by atoms with van der Waals surface area (Å²) in [5, 5.41) is 9.07. The molecule has 0 aliphatic heterocycles. The Morgan fingerprint density at radius 3 is 2.67 bits per heavy atom. The summed E-state index contributed by atoms with van der Waals surface area (Å²) in [7, 11) is 1.69. The minimum absolute atomic E-state index is 0.170. The van der Waals surface area contributed by atoms with Gasteiger partial charge >= 0.3 is 0 Å². The normalized spacial score (nSPS) is 11.2. The number of rotatable bonds is 8. The fourth-order valence-corrected chi connectivity index (χ4v) is 1.93. The molecule has 0 spiro atoms. The zero-order valence-electron chi connectivity index (χ0n) is 11.4. The van der Waals surface area contributed by atoms with Gasteiger partial charge in [0.25, 0.3) is 0 Å². The second kappa shape index (κ2) is 8.21. The summed E-state index contributed by atoms with van der Waals surface area (Å²) in [4.78, 5) is 2.19. The molecule has 0 aliphatic rings. The lowest BCUT2D eigenvalue weighted by molar-refractivity contribution is 0.126. The lowest BCUT2D eigenvalue weighted by Gasteiger charge is -2.22. The molecule has 0 aromatic heterocycles. The molecule has 102 valence electrons. The first-order valence-electron chi connectivity index (χ1n) is 6.32. The molecule has 0 bridgehead atoms. The number of hydrogen-bond acceptors (Lipinski definition) is 4. The molecule has 1 rings (SSSR count). The van der Waals surface area contributed by atoms with Crippen LogP contribution in [0.1, 0.15) is 16.7 Å². The van der Waals surface area contributed by atoms with Crippen molar-refractivity contribution >= 4 is 0 Å². The van der Waals surface area contributed by atoms with Crippen LogP contribution >= 0.6 is 0 Å². The summed E-state index contributed by atoms with van der Waals surface area (Å²) in [5.41, 5.74) is 9.30. The number of ether oxygens (including phenoxy) is 1. The van der Waals surface area contributed by atoms with E-state index in [1.807, 2.05) is 0 Å². The third-order valence-electron chi connectivity index (χ3n) is 3.06. The van der Waals surface area contributed by atoms with E-state index in [9.17, 15) is 0 Å². The molecule has 1 aromatic carbocycles. The number of aliphatic hydroxyl groups excluding tert-OH is 1. The van der Waals surface area contributed by atoms with Crippen molar-refractivity contribution < 1.29 is 9.84 Å². The lowest BCUT2D eigenvalue weighted by Crippen LogP contribution is -2.30. The fraction of sp³-hybridized carbons (Fsp3) is 0.571. The van der Waals surface area contributed by atoms with E-state index in [0.29, 0.717) is 19.7 Å². The summed E-state index contributed by atoms with van der Waals surface area (Å²) in [6, 6.07) is 6.31. The molecule has 4 nitrogen and oxygen atoms in total. The number of benzene rings is 1. The monoisotopic (exact) mass is 252 g/mol. The molecule has 0 amide bonds. The van der Waals surface area contributed by atoms with Crippen LogP contribution in [-0.4, -0.2) is 43.4 Å². The maximum Gasteiger partial charge on any atom is 0.0589 e. The first kappa shape index (κ1) is 15.1. The molecule has 1 aromatic rings. The van der Waals surface area contributed by atoms with Crippen molar-refractivity contribution in [2.45, 2.75) is 20.0 Å². The highest BCUT2D eigenvalue weighted by molar-refractivity contribution is 5.30. The molecule has 0 atom stereocenters. The summed E-state index contributed by atoms with van der Waals surface area (Å²) in [5.74, 6) is 0. The summed E-state index contributed by atoms with van der Waals surface area (Å²) in [6.07, 6.45) is 0.